The van der Waals surface area contributed by atoms with Gasteiger partial charge in [-0.25, -0.2) is 9.59 Å². The topological polar surface area (TPSA) is 97.2 Å². The van der Waals surface area contributed by atoms with Crippen molar-refractivity contribution in [1.82, 2.24) is 24.5 Å². The van der Waals surface area contributed by atoms with Gasteiger partial charge in [-0.1, -0.05) is 11.6 Å². The molecule has 1 aromatic carbocycles. The van der Waals surface area contributed by atoms with Crippen molar-refractivity contribution in [3.8, 4) is 0 Å². The first-order valence-electron chi connectivity index (χ1n) is 12.3. The van der Waals surface area contributed by atoms with Gasteiger partial charge in [0, 0.05) is 37.7 Å². The molecule has 0 N–H and O–H groups in total. The van der Waals surface area contributed by atoms with Crippen molar-refractivity contribution in [3.63, 3.8) is 0 Å². The van der Waals surface area contributed by atoms with Crippen LogP contribution in [-0.4, -0.2) is 80.9 Å². The van der Waals surface area contributed by atoms with Crippen molar-refractivity contribution in [3.05, 3.63) is 51.8 Å². The Labute approximate surface area is 228 Å². The van der Waals surface area contributed by atoms with Crippen LogP contribution in [0.25, 0.3) is 0 Å². The van der Waals surface area contributed by atoms with Gasteiger partial charge in [0.2, 0.25) is 0 Å². The summed E-state index contributed by atoms with van der Waals surface area (Å²) in [6, 6.07) is 4.60. The number of rotatable bonds is 3. The maximum Gasteiger partial charge on any atom is 0.416 e. The molecule has 1 aromatic heterocycles. The van der Waals surface area contributed by atoms with E-state index in [1.54, 1.807) is 41.3 Å². The van der Waals surface area contributed by atoms with Crippen LogP contribution in [0.5, 0.6) is 0 Å². The van der Waals surface area contributed by atoms with Crippen LogP contribution in [0, 0.1) is 0 Å². The van der Waals surface area contributed by atoms with Gasteiger partial charge in [0.1, 0.15) is 12.2 Å². The van der Waals surface area contributed by atoms with Crippen molar-refractivity contribution >= 4 is 29.7 Å². The van der Waals surface area contributed by atoms with Crippen LogP contribution in [0.4, 0.5) is 22.8 Å². The van der Waals surface area contributed by atoms with Gasteiger partial charge < -0.3 is 24.2 Å². The summed E-state index contributed by atoms with van der Waals surface area (Å²) in [5.41, 5.74) is -0.567. The molecule has 0 radical (unpaired) electrons. The highest BCUT2D eigenvalue weighted by molar-refractivity contribution is 6.30. The largest absolute Gasteiger partial charge is 0.445 e. The molecule has 0 spiro atoms. The quantitative estimate of drug-likeness (QED) is 0.542. The van der Waals surface area contributed by atoms with E-state index in [1.165, 1.54) is 11.0 Å². The summed E-state index contributed by atoms with van der Waals surface area (Å²) in [4.78, 5) is 42.5. The lowest BCUT2D eigenvalue weighted by molar-refractivity contribution is -0.137. The zero-order chi connectivity index (χ0) is 28.5. The molecule has 212 valence electrons. The zero-order valence-corrected chi connectivity index (χ0v) is 22.5. The maximum absolute atomic E-state index is 13.0. The Hall–Kier alpha value is -3.48. The van der Waals surface area contributed by atoms with E-state index in [-0.39, 0.29) is 41.9 Å². The number of amides is 3. The number of ether oxygens (including phenoxy) is 2. The molecule has 2 aliphatic rings. The highest BCUT2D eigenvalue weighted by Gasteiger charge is 2.32. The van der Waals surface area contributed by atoms with E-state index in [0.29, 0.717) is 38.4 Å². The van der Waals surface area contributed by atoms with Crippen molar-refractivity contribution in [2.45, 2.75) is 52.2 Å². The first-order chi connectivity index (χ1) is 18.2. The Morgan fingerprint density at radius 2 is 1.54 bits per heavy atom. The van der Waals surface area contributed by atoms with Crippen molar-refractivity contribution in [2.24, 2.45) is 0 Å². The van der Waals surface area contributed by atoms with E-state index < -0.39 is 29.5 Å². The monoisotopic (exact) mass is 571 g/mol. The fourth-order valence-electron chi connectivity index (χ4n) is 4.24. The fourth-order valence-corrected chi connectivity index (χ4v) is 4.50. The molecule has 1 saturated heterocycles. The van der Waals surface area contributed by atoms with Gasteiger partial charge in [-0.3, -0.25) is 9.48 Å². The van der Waals surface area contributed by atoms with E-state index in [4.69, 9.17) is 21.1 Å². The Morgan fingerprint density at radius 1 is 0.897 bits per heavy atom. The zero-order valence-electron chi connectivity index (χ0n) is 21.8. The lowest BCUT2D eigenvalue weighted by Gasteiger charge is -2.35. The Bertz CT molecular complexity index is 1250. The molecule has 4 rings (SSSR count). The van der Waals surface area contributed by atoms with E-state index in [2.05, 4.69) is 5.10 Å². The van der Waals surface area contributed by atoms with Crippen LogP contribution in [0.3, 0.4) is 0 Å². The number of hydrogen-bond acceptors (Lipinski definition) is 6. The predicted octanol–water partition coefficient (Wildman–Crippen LogP) is 4.40. The summed E-state index contributed by atoms with van der Waals surface area (Å²) in [7, 11) is 0. The predicted molar refractivity (Wildman–Crippen MR) is 133 cm³/mol. The van der Waals surface area contributed by atoms with E-state index in [0.717, 1.165) is 12.1 Å². The number of carbonyl (C=O) groups is 3. The van der Waals surface area contributed by atoms with Crippen LogP contribution >= 0.6 is 11.6 Å². The molecule has 1 fully saturated rings. The highest BCUT2D eigenvalue weighted by Crippen LogP contribution is 2.32. The molecule has 2 aromatic rings. The average Bonchev–Trinajstić information content (AvgIpc) is 3.28. The third kappa shape index (κ3) is 7.14. The van der Waals surface area contributed by atoms with Gasteiger partial charge in [0.25, 0.3) is 5.91 Å². The molecule has 3 heterocycles. The van der Waals surface area contributed by atoms with Gasteiger partial charge in [-0.05, 0) is 50.6 Å². The lowest BCUT2D eigenvalue weighted by atomic mass is 10.1. The van der Waals surface area contributed by atoms with Crippen molar-refractivity contribution in [1.29, 1.82) is 0 Å². The summed E-state index contributed by atoms with van der Waals surface area (Å²) in [5.74, 6) is -0.281. The normalized spacial score (nSPS) is 16.1. The summed E-state index contributed by atoms with van der Waals surface area (Å²) in [5, 5.41) is 4.27. The summed E-state index contributed by atoms with van der Waals surface area (Å²) in [6.45, 7) is 7.02. The van der Waals surface area contributed by atoms with Crippen LogP contribution < -0.4 is 0 Å². The Balaban J connectivity index is 1.32. The second kappa shape index (κ2) is 10.9. The Morgan fingerprint density at radius 3 is 2.18 bits per heavy atom. The summed E-state index contributed by atoms with van der Waals surface area (Å²) >= 11 is 5.79. The third-order valence-electron chi connectivity index (χ3n) is 6.14. The minimum atomic E-state index is -4.57. The molecular formula is C25H29ClF3N5O5. The fraction of sp³-hybridized carbons (Fsp3) is 0.520. The highest BCUT2D eigenvalue weighted by atomic mass is 35.5. The molecule has 0 unspecified atom stereocenters. The van der Waals surface area contributed by atoms with Gasteiger partial charge >= 0.3 is 18.4 Å². The molecule has 39 heavy (non-hydrogen) atoms. The number of nitrogens with zero attached hydrogens (tertiary/aromatic N) is 5. The standard InChI is InChI=1S/C25H29ClF3N5O5/c1-24(2,3)39-23(37)32-6-4-31(5-7-32)21(35)20-13-19-14-33(8-9-34(19)30-20)22(36)38-15-16-10-17(25(27,28)29)12-18(26)11-16/h10-13H,4-9,14-15H2,1-3H3. The van der Waals surface area contributed by atoms with Gasteiger partial charge in [-0.15, -0.1) is 0 Å². The molecule has 2 aliphatic heterocycles. The first kappa shape index (κ1) is 28.5. The second-order valence-corrected chi connectivity index (χ2v) is 10.8. The minimum absolute atomic E-state index is 0.110. The number of carbonyl (C=O) groups excluding carboxylic acids is 3. The molecule has 14 heteroatoms. The van der Waals surface area contributed by atoms with Gasteiger partial charge in [-0.2, -0.15) is 18.3 Å². The number of alkyl halides is 3. The van der Waals surface area contributed by atoms with Gasteiger partial charge in [0.05, 0.1) is 24.3 Å². The van der Waals surface area contributed by atoms with E-state index >= 15 is 0 Å². The molecule has 0 bridgehead atoms. The SMILES string of the molecule is CC(C)(C)OC(=O)N1CCN(C(=O)c2cc3n(n2)CCN(C(=O)OCc2cc(Cl)cc(C(F)(F)F)c2)C3)CC1. The minimum Gasteiger partial charge on any atom is -0.445 e. The molecular weight excluding hydrogens is 543 g/mol. The van der Waals surface area contributed by atoms with Crippen LogP contribution in [-0.2, 0) is 35.3 Å². The van der Waals surface area contributed by atoms with Crippen molar-refractivity contribution in [2.75, 3.05) is 32.7 Å². The number of hydrogen-bond donors (Lipinski definition) is 0. The second-order valence-electron chi connectivity index (χ2n) is 10.3. The molecule has 0 aliphatic carbocycles. The van der Waals surface area contributed by atoms with Crippen LogP contribution in [0.2, 0.25) is 5.02 Å². The lowest BCUT2D eigenvalue weighted by Crippen LogP contribution is -2.51. The van der Waals surface area contributed by atoms with Crippen LogP contribution in [0.1, 0.15) is 48.1 Å². The van der Waals surface area contributed by atoms with Gasteiger partial charge in [0.15, 0.2) is 5.69 Å². The number of benzene rings is 1. The summed E-state index contributed by atoms with van der Waals surface area (Å²) in [6.07, 6.45) is -5.70. The molecule has 3 amide bonds. The number of piperazine rings is 1. The van der Waals surface area contributed by atoms with Crippen molar-refractivity contribution < 1.29 is 37.0 Å². The van der Waals surface area contributed by atoms with Crippen LogP contribution in [0.15, 0.2) is 24.3 Å². The average molecular weight is 572 g/mol. The number of halogens is 4. The number of fused-ring (bicyclic) bond motifs is 1. The first-order valence-corrected chi connectivity index (χ1v) is 12.7. The Kier molecular flexibility index (Phi) is 8.01. The maximum atomic E-state index is 13.0. The smallest absolute Gasteiger partial charge is 0.416 e. The molecule has 10 nitrogen and oxygen atoms in total. The van der Waals surface area contributed by atoms with E-state index in [9.17, 15) is 27.6 Å². The molecule has 0 atom stereocenters. The third-order valence-corrected chi connectivity index (χ3v) is 6.36. The van der Waals surface area contributed by atoms with E-state index in [1.807, 2.05) is 0 Å². The number of aromatic nitrogens is 2. The molecule has 0 saturated carbocycles. The summed E-state index contributed by atoms with van der Waals surface area (Å²) < 4.78 is 51.3.